The Morgan fingerprint density at radius 1 is 1.23 bits per heavy atom. The molecule has 2 aromatic heterocycles. The monoisotopic (exact) mass is 497 g/mol. The standard InChI is InChI=1S/C22H20F5N5O3/c23-14-5-12(31-20(33)29-3-4-32-8-21(9-32)10-34-11-21)6-15(24)18(14)35-16-1-2-28-19-17(16)13(7-30-19)22(25,26)27/h1-2,5-7H,3-4,8-11H2,(H,28,30)(H2,29,31,33). The summed E-state index contributed by atoms with van der Waals surface area (Å²) in [7, 11) is 0. The van der Waals surface area contributed by atoms with E-state index in [9.17, 15) is 26.7 Å². The van der Waals surface area contributed by atoms with Crippen LogP contribution in [0.15, 0.2) is 30.6 Å². The maximum atomic E-state index is 14.6. The normalized spacial score (nSPS) is 17.2. The minimum absolute atomic E-state index is 0.153. The van der Waals surface area contributed by atoms with Gasteiger partial charge in [0.15, 0.2) is 17.4 Å². The van der Waals surface area contributed by atoms with E-state index >= 15 is 0 Å². The highest BCUT2D eigenvalue weighted by molar-refractivity contribution is 5.89. The number of urea groups is 1. The van der Waals surface area contributed by atoms with Crippen LogP contribution in [0.1, 0.15) is 5.56 Å². The Hall–Kier alpha value is -3.45. The molecule has 2 saturated heterocycles. The number of carbonyl (C=O) groups is 1. The SMILES string of the molecule is O=C(NCCN1CC2(COC2)C1)Nc1cc(F)c(Oc2ccnc3[nH]cc(C(F)(F)F)c23)c(F)c1. The van der Waals surface area contributed by atoms with E-state index in [-0.39, 0.29) is 16.7 Å². The van der Waals surface area contributed by atoms with Gasteiger partial charge in [0, 0.05) is 61.8 Å². The predicted octanol–water partition coefficient (Wildman–Crippen LogP) is 4.11. The predicted molar refractivity (Wildman–Crippen MR) is 114 cm³/mol. The van der Waals surface area contributed by atoms with E-state index in [2.05, 4.69) is 25.5 Å². The number of rotatable bonds is 6. The number of ether oxygens (including phenoxy) is 2. The number of hydrogen-bond donors (Lipinski definition) is 3. The lowest BCUT2D eigenvalue weighted by Gasteiger charge is -2.55. The van der Waals surface area contributed by atoms with E-state index in [1.54, 1.807) is 0 Å². The zero-order valence-electron chi connectivity index (χ0n) is 18.1. The Morgan fingerprint density at radius 3 is 2.57 bits per heavy atom. The Labute approximate surface area is 195 Å². The van der Waals surface area contributed by atoms with Gasteiger partial charge in [-0.05, 0) is 6.07 Å². The van der Waals surface area contributed by atoms with Gasteiger partial charge in [-0.3, -0.25) is 0 Å². The molecule has 2 fully saturated rings. The van der Waals surface area contributed by atoms with Crippen molar-refractivity contribution in [3.63, 3.8) is 0 Å². The molecule has 0 bridgehead atoms. The van der Waals surface area contributed by atoms with Crippen molar-refractivity contribution < 1.29 is 36.2 Å². The van der Waals surface area contributed by atoms with E-state index in [0.29, 0.717) is 19.3 Å². The number of halogens is 5. The topological polar surface area (TPSA) is 91.5 Å². The van der Waals surface area contributed by atoms with Gasteiger partial charge in [0.2, 0.25) is 0 Å². The fourth-order valence-electron chi connectivity index (χ4n) is 4.31. The maximum absolute atomic E-state index is 14.6. The van der Waals surface area contributed by atoms with Gasteiger partial charge in [0.1, 0.15) is 11.4 Å². The smallest absolute Gasteiger partial charge is 0.418 e. The molecule has 5 rings (SSSR count). The lowest BCUT2D eigenvalue weighted by Crippen LogP contribution is -2.66. The van der Waals surface area contributed by atoms with Gasteiger partial charge >= 0.3 is 12.2 Å². The number of nitrogens with zero attached hydrogens (tertiary/aromatic N) is 2. The molecule has 0 radical (unpaired) electrons. The Balaban J connectivity index is 1.23. The number of alkyl halides is 3. The molecule has 1 spiro atoms. The molecule has 0 aliphatic carbocycles. The van der Waals surface area contributed by atoms with Gasteiger partial charge < -0.3 is 30.0 Å². The molecule has 3 N–H and O–H groups in total. The van der Waals surface area contributed by atoms with Gasteiger partial charge in [-0.15, -0.1) is 0 Å². The molecule has 8 nitrogen and oxygen atoms in total. The van der Waals surface area contributed by atoms with Crippen LogP contribution in [0.3, 0.4) is 0 Å². The van der Waals surface area contributed by atoms with Crippen LogP contribution in [0, 0.1) is 17.0 Å². The third-order valence-electron chi connectivity index (χ3n) is 5.96. The van der Waals surface area contributed by atoms with Gasteiger partial charge in [0.25, 0.3) is 0 Å². The minimum Gasteiger partial charge on any atom is -0.450 e. The molecule has 0 atom stereocenters. The van der Waals surface area contributed by atoms with Crippen molar-refractivity contribution in [3.8, 4) is 11.5 Å². The average Bonchev–Trinajstić information content (AvgIpc) is 3.16. The maximum Gasteiger partial charge on any atom is 0.418 e. The lowest BCUT2D eigenvalue weighted by atomic mass is 9.78. The number of amides is 2. The Bertz CT molecular complexity index is 1240. The minimum atomic E-state index is -4.74. The van der Waals surface area contributed by atoms with Crippen molar-refractivity contribution in [2.24, 2.45) is 5.41 Å². The summed E-state index contributed by atoms with van der Waals surface area (Å²) in [6, 6.07) is 2.04. The second-order valence-corrected chi connectivity index (χ2v) is 8.69. The molecule has 2 aliphatic rings. The van der Waals surface area contributed by atoms with Crippen molar-refractivity contribution in [2.75, 3.05) is 44.7 Å². The number of fused-ring (bicyclic) bond motifs is 1. The number of pyridine rings is 1. The molecule has 2 amide bonds. The quantitative estimate of drug-likeness (QED) is 0.446. The third kappa shape index (κ3) is 4.60. The number of anilines is 1. The first-order valence-corrected chi connectivity index (χ1v) is 10.7. The summed E-state index contributed by atoms with van der Waals surface area (Å²) in [4.78, 5) is 20.4. The van der Waals surface area contributed by atoms with Gasteiger partial charge in [-0.25, -0.2) is 18.6 Å². The lowest BCUT2D eigenvalue weighted by molar-refractivity contribution is -0.188. The summed E-state index contributed by atoms with van der Waals surface area (Å²) >= 11 is 0. The summed E-state index contributed by atoms with van der Waals surface area (Å²) in [5, 5.41) is 4.48. The van der Waals surface area contributed by atoms with Crippen molar-refractivity contribution in [3.05, 3.63) is 47.8 Å². The number of likely N-dealkylation sites (tertiary alicyclic amines) is 1. The average molecular weight is 497 g/mol. The number of nitrogens with one attached hydrogen (secondary N) is 3. The van der Waals surface area contributed by atoms with Crippen molar-refractivity contribution >= 4 is 22.8 Å². The zero-order valence-corrected chi connectivity index (χ0v) is 18.1. The Morgan fingerprint density at radius 2 is 1.94 bits per heavy atom. The molecule has 0 unspecified atom stereocenters. The molecule has 186 valence electrons. The van der Waals surface area contributed by atoms with Crippen LogP contribution in [-0.2, 0) is 10.9 Å². The molecule has 13 heteroatoms. The Kier molecular flexibility index (Phi) is 5.75. The third-order valence-corrected chi connectivity index (χ3v) is 5.96. The summed E-state index contributed by atoms with van der Waals surface area (Å²) in [5.41, 5.74) is -1.16. The summed E-state index contributed by atoms with van der Waals surface area (Å²) in [6.45, 7) is 4.30. The highest BCUT2D eigenvalue weighted by Crippen LogP contribution is 2.41. The van der Waals surface area contributed by atoms with Crippen LogP contribution < -0.4 is 15.4 Å². The fourth-order valence-corrected chi connectivity index (χ4v) is 4.31. The van der Waals surface area contributed by atoms with Crippen LogP contribution in [0.5, 0.6) is 11.5 Å². The molecule has 0 saturated carbocycles. The van der Waals surface area contributed by atoms with Crippen LogP contribution in [0.25, 0.3) is 11.0 Å². The fraction of sp³-hybridized carbons (Fsp3) is 0.364. The highest BCUT2D eigenvalue weighted by atomic mass is 19.4. The molecular weight excluding hydrogens is 477 g/mol. The summed E-state index contributed by atoms with van der Waals surface area (Å²) < 4.78 is 79.6. The van der Waals surface area contributed by atoms with Crippen LogP contribution in [-0.4, -0.2) is 60.3 Å². The number of aromatic amines is 1. The van der Waals surface area contributed by atoms with E-state index in [0.717, 1.165) is 50.7 Å². The second-order valence-electron chi connectivity index (χ2n) is 8.69. The van der Waals surface area contributed by atoms with E-state index in [1.807, 2.05) is 0 Å². The van der Waals surface area contributed by atoms with Crippen molar-refractivity contribution in [1.29, 1.82) is 0 Å². The van der Waals surface area contributed by atoms with Gasteiger partial charge in [-0.2, -0.15) is 13.2 Å². The number of H-pyrrole nitrogens is 1. The van der Waals surface area contributed by atoms with Gasteiger partial charge in [0.05, 0.1) is 24.2 Å². The number of benzene rings is 1. The number of hydrogen-bond acceptors (Lipinski definition) is 5. The first kappa shape index (κ1) is 23.3. The van der Waals surface area contributed by atoms with Crippen LogP contribution in [0.4, 0.5) is 32.4 Å². The van der Waals surface area contributed by atoms with E-state index in [4.69, 9.17) is 9.47 Å². The molecule has 2 aliphatic heterocycles. The largest absolute Gasteiger partial charge is 0.450 e. The van der Waals surface area contributed by atoms with Crippen LogP contribution >= 0.6 is 0 Å². The molecule has 1 aromatic carbocycles. The number of aromatic nitrogens is 2. The molecule has 3 aromatic rings. The molecule has 35 heavy (non-hydrogen) atoms. The van der Waals surface area contributed by atoms with Crippen molar-refractivity contribution in [2.45, 2.75) is 6.18 Å². The second kappa shape index (κ2) is 8.64. The summed E-state index contributed by atoms with van der Waals surface area (Å²) in [6.07, 6.45) is -2.89. The van der Waals surface area contributed by atoms with Gasteiger partial charge in [-0.1, -0.05) is 0 Å². The van der Waals surface area contributed by atoms with E-state index in [1.165, 1.54) is 0 Å². The van der Waals surface area contributed by atoms with Crippen molar-refractivity contribution in [1.82, 2.24) is 20.2 Å². The highest BCUT2D eigenvalue weighted by Gasteiger charge is 2.48. The van der Waals surface area contributed by atoms with Crippen LogP contribution in [0.2, 0.25) is 0 Å². The summed E-state index contributed by atoms with van der Waals surface area (Å²) in [5.74, 6) is -3.75. The first-order valence-electron chi connectivity index (χ1n) is 10.7. The molecular formula is C22H20F5N5O3. The zero-order chi connectivity index (χ0) is 24.8. The molecule has 4 heterocycles. The number of carbonyl (C=O) groups excluding carboxylic acids is 1. The van der Waals surface area contributed by atoms with E-state index < -0.39 is 46.3 Å². The first-order chi connectivity index (χ1) is 16.6.